The van der Waals surface area contributed by atoms with Crippen LogP contribution in [0.4, 0.5) is 0 Å². The Morgan fingerprint density at radius 1 is 0.688 bits per heavy atom. The summed E-state index contributed by atoms with van der Waals surface area (Å²) in [5.74, 6) is 0.876. The van der Waals surface area contributed by atoms with Gasteiger partial charge in [-0.15, -0.1) is 0 Å². The van der Waals surface area contributed by atoms with Crippen molar-refractivity contribution in [1.29, 1.82) is 0 Å². The fourth-order valence-electron chi connectivity index (χ4n) is 3.91. The molecule has 1 heterocycles. The van der Waals surface area contributed by atoms with Gasteiger partial charge in [0.15, 0.2) is 0 Å². The molecule has 0 aliphatic heterocycles. The van der Waals surface area contributed by atoms with E-state index in [0.717, 1.165) is 39.2 Å². The molecule has 5 nitrogen and oxygen atoms in total. The van der Waals surface area contributed by atoms with Gasteiger partial charge in [0.25, 0.3) is 0 Å². The monoisotopic (exact) mass is 440 g/mol. The van der Waals surface area contributed by atoms with E-state index in [1.165, 1.54) is 0 Å². The van der Waals surface area contributed by atoms with E-state index >= 15 is 0 Å². The highest BCUT2D eigenvalue weighted by Gasteiger charge is 2.15. The van der Waals surface area contributed by atoms with E-state index in [9.17, 15) is 4.57 Å². The third-order valence-corrected chi connectivity index (χ3v) is 6.17. The molecule has 0 saturated heterocycles. The number of fused-ring (bicyclic) bond motifs is 1. The summed E-state index contributed by atoms with van der Waals surface area (Å²) in [5, 5.41) is 0. The lowest BCUT2D eigenvalue weighted by atomic mass is 10.0. The molecular formula is C26H21N2O3P. The molecule has 5 rings (SSSR count). The van der Waals surface area contributed by atoms with Gasteiger partial charge in [-0.05, 0) is 41.0 Å². The Hall–Kier alpha value is -3.50. The van der Waals surface area contributed by atoms with Crippen LogP contribution < -0.4 is 0 Å². The second-order valence-electron chi connectivity index (χ2n) is 7.69. The van der Waals surface area contributed by atoms with Crippen LogP contribution in [0, 0.1) is 0 Å². The van der Waals surface area contributed by atoms with Crippen LogP contribution in [0.15, 0.2) is 103 Å². The second-order valence-corrected chi connectivity index (χ2v) is 9.34. The van der Waals surface area contributed by atoms with Crippen molar-refractivity contribution in [1.82, 2.24) is 9.55 Å². The quantitative estimate of drug-likeness (QED) is 0.327. The first-order valence-corrected chi connectivity index (χ1v) is 12.0. The van der Waals surface area contributed by atoms with Crippen LogP contribution in [0.1, 0.15) is 5.56 Å². The number of nitrogens with zero attached hydrogens (tertiary/aromatic N) is 2. The van der Waals surface area contributed by atoms with Crippen LogP contribution in [0.2, 0.25) is 0 Å². The highest BCUT2D eigenvalue weighted by Crippen LogP contribution is 2.39. The summed E-state index contributed by atoms with van der Waals surface area (Å²) < 4.78 is 13.4. The predicted octanol–water partition coefficient (Wildman–Crippen LogP) is 6.04. The maximum absolute atomic E-state index is 11.2. The molecule has 0 saturated carbocycles. The average Bonchev–Trinajstić information content (AvgIpc) is 3.19. The van der Waals surface area contributed by atoms with Crippen molar-refractivity contribution in [3.8, 4) is 28.2 Å². The summed E-state index contributed by atoms with van der Waals surface area (Å²) in [6, 6.07) is 33.8. The molecule has 0 aliphatic rings. The zero-order valence-electron chi connectivity index (χ0n) is 17.2. The topological polar surface area (TPSA) is 75.3 Å². The lowest BCUT2D eigenvalue weighted by Crippen LogP contribution is -1.97. The number of para-hydroxylation sites is 3. The van der Waals surface area contributed by atoms with Gasteiger partial charge in [0, 0.05) is 11.3 Å². The number of rotatable bonds is 5. The summed E-state index contributed by atoms with van der Waals surface area (Å²) in [7, 11) is -4.07. The SMILES string of the molecule is O=P(O)(O)Cc1ccc(-c2ccc(-c3nc4ccccc4n3-c3ccccc3)cc2)cc1. The molecule has 32 heavy (non-hydrogen) atoms. The van der Waals surface area contributed by atoms with Crippen LogP contribution in [0.5, 0.6) is 0 Å². The lowest BCUT2D eigenvalue weighted by molar-refractivity contribution is 0.371. The average molecular weight is 440 g/mol. The zero-order chi connectivity index (χ0) is 22.1. The molecule has 0 atom stereocenters. The van der Waals surface area contributed by atoms with E-state index in [0.29, 0.717) is 5.56 Å². The number of imidazole rings is 1. The van der Waals surface area contributed by atoms with Gasteiger partial charge in [-0.25, -0.2) is 4.98 Å². The summed E-state index contributed by atoms with van der Waals surface area (Å²) in [4.78, 5) is 23.2. The van der Waals surface area contributed by atoms with Crippen molar-refractivity contribution in [2.24, 2.45) is 0 Å². The van der Waals surface area contributed by atoms with Crippen LogP contribution >= 0.6 is 7.60 Å². The molecule has 0 unspecified atom stereocenters. The van der Waals surface area contributed by atoms with Gasteiger partial charge < -0.3 is 9.79 Å². The third-order valence-electron chi connectivity index (χ3n) is 5.39. The highest BCUT2D eigenvalue weighted by atomic mass is 31.2. The molecule has 5 aromatic rings. The van der Waals surface area contributed by atoms with Crippen LogP contribution in [0.3, 0.4) is 0 Å². The number of hydrogen-bond acceptors (Lipinski definition) is 2. The lowest BCUT2D eigenvalue weighted by Gasteiger charge is -2.10. The summed E-state index contributed by atoms with van der Waals surface area (Å²) in [6.45, 7) is 0. The number of benzene rings is 4. The fraction of sp³-hybridized carbons (Fsp3) is 0.0385. The maximum atomic E-state index is 11.2. The van der Waals surface area contributed by atoms with E-state index in [1.807, 2.05) is 60.7 Å². The number of aromatic nitrogens is 2. The Morgan fingerprint density at radius 3 is 1.91 bits per heavy atom. The zero-order valence-corrected chi connectivity index (χ0v) is 18.1. The van der Waals surface area contributed by atoms with Gasteiger partial charge in [-0.3, -0.25) is 9.13 Å². The highest BCUT2D eigenvalue weighted by molar-refractivity contribution is 7.50. The second kappa shape index (κ2) is 8.21. The van der Waals surface area contributed by atoms with Crippen molar-refractivity contribution in [2.75, 3.05) is 0 Å². The largest absolute Gasteiger partial charge is 0.329 e. The van der Waals surface area contributed by atoms with Crippen molar-refractivity contribution < 1.29 is 14.4 Å². The molecule has 0 spiro atoms. The van der Waals surface area contributed by atoms with Crippen molar-refractivity contribution in [3.05, 3.63) is 109 Å². The molecule has 2 N–H and O–H groups in total. The van der Waals surface area contributed by atoms with Crippen LogP contribution in [-0.2, 0) is 10.7 Å². The van der Waals surface area contributed by atoms with Gasteiger partial charge in [0.05, 0.1) is 17.2 Å². The van der Waals surface area contributed by atoms with E-state index in [-0.39, 0.29) is 6.16 Å². The Morgan fingerprint density at radius 2 is 1.25 bits per heavy atom. The molecular weight excluding hydrogens is 419 g/mol. The van der Waals surface area contributed by atoms with Crippen LogP contribution in [0.25, 0.3) is 39.2 Å². The van der Waals surface area contributed by atoms with Crippen LogP contribution in [-0.4, -0.2) is 19.3 Å². The molecule has 6 heteroatoms. The molecule has 0 aliphatic carbocycles. The minimum atomic E-state index is -4.07. The summed E-state index contributed by atoms with van der Waals surface area (Å²) in [6.07, 6.45) is -0.248. The summed E-state index contributed by atoms with van der Waals surface area (Å²) in [5.41, 5.74) is 6.69. The van der Waals surface area contributed by atoms with Gasteiger partial charge >= 0.3 is 7.60 Å². The van der Waals surface area contributed by atoms with Gasteiger partial charge in [0.1, 0.15) is 5.82 Å². The van der Waals surface area contributed by atoms with E-state index < -0.39 is 7.60 Å². The standard InChI is InChI=1S/C26H21N2O3P/c29-32(30,31)18-19-10-12-20(13-11-19)21-14-16-22(17-15-21)26-27-24-8-4-5-9-25(24)28(26)23-6-2-1-3-7-23/h1-17H,18H2,(H2,29,30,31). The van der Waals surface area contributed by atoms with Crippen molar-refractivity contribution in [2.45, 2.75) is 6.16 Å². The minimum Gasteiger partial charge on any atom is -0.324 e. The van der Waals surface area contributed by atoms with E-state index in [2.05, 4.69) is 34.9 Å². The molecule has 0 amide bonds. The normalized spacial score (nSPS) is 11.7. The molecule has 0 bridgehead atoms. The van der Waals surface area contributed by atoms with Crippen molar-refractivity contribution >= 4 is 18.6 Å². The van der Waals surface area contributed by atoms with Gasteiger partial charge in [-0.2, -0.15) is 0 Å². The van der Waals surface area contributed by atoms with Crippen molar-refractivity contribution in [3.63, 3.8) is 0 Å². The third kappa shape index (κ3) is 4.14. The molecule has 1 aromatic heterocycles. The molecule has 158 valence electrons. The van der Waals surface area contributed by atoms with E-state index in [1.54, 1.807) is 12.1 Å². The minimum absolute atomic E-state index is 0.248. The van der Waals surface area contributed by atoms with Gasteiger partial charge in [-0.1, -0.05) is 78.9 Å². The predicted molar refractivity (Wildman–Crippen MR) is 128 cm³/mol. The Labute approximate surface area is 185 Å². The first-order valence-electron chi connectivity index (χ1n) is 10.3. The smallest absolute Gasteiger partial charge is 0.324 e. The van der Waals surface area contributed by atoms with E-state index in [4.69, 9.17) is 14.8 Å². The molecule has 0 fully saturated rings. The molecule has 4 aromatic carbocycles. The molecule has 0 radical (unpaired) electrons. The Kier molecular flexibility index (Phi) is 5.24. The first-order chi connectivity index (χ1) is 15.5. The summed E-state index contributed by atoms with van der Waals surface area (Å²) >= 11 is 0. The Bertz CT molecular complexity index is 1420. The van der Waals surface area contributed by atoms with Gasteiger partial charge in [0.2, 0.25) is 0 Å². The number of hydrogen-bond donors (Lipinski definition) is 2. The maximum Gasteiger partial charge on any atom is 0.329 e. The Balaban J connectivity index is 1.52. The fourth-order valence-corrected chi connectivity index (χ4v) is 4.60. The first kappa shape index (κ1) is 20.4.